The summed E-state index contributed by atoms with van der Waals surface area (Å²) in [7, 11) is 0. The van der Waals surface area contributed by atoms with E-state index in [-0.39, 0.29) is 5.92 Å². The van der Waals surface area contributed by atoms with Crippen molar-refractivity contribution in [3.63, 3.8) is 0 Å². The van der Waals surface area contributed by atoms with E-state index in [1.165, 1.54) is 38.5 Å². The number of likely N-dealkylation sites (tertiary alicyclic amines) is 1. The zero-order chi connectivity index (χ0) is 12.4. The third-order valence-corrected chi connectivity index (χ3v) is 5.31. The normalized spacial score (nSPS) is 31.8. The summed E-state index contributed by atoms with van der Waals surface area (Å²) >= 11 is 0. The summed E-state index contributed by atoms with van der Waals surface area (Å²) < 4.78 is 0. The maximum absolute atomic E-state index is 12.5. The van der Waals surface area contributed by atoms with Crippen molar-refractivity contribution in [1.82, 2.24) is 10.2 Å². The lowest BCUT2D eigenvalue weighted by atomic mass is 9.73. The van der Waals surface area contributed by atoms with E-state index < -0.39 is 0 Å². The molecule has 1 amide bonds. The molecule has 2 heterocycles. The lowest BCUT2D eigenvalue weighted by molar-refractivity contribution is -0.135. The summed E-state index contributed by atoms with van der Waals surface area (Å²) in [5, 5.41) is 3.36. The van der Waals surface area contributed by atoms with Crippen LogP contribution in [0.4, 0.5) is 0 Å². The SMILES string of the molecule is O=C(C1CCCNC1)N1CCC2(CCCCC2)C1. The monoisotopic (exact) mass is 250 g/mol. The van der Waals surface area contributed by atoms with Crippen LogP contribution in [0.5, 0.6) is 0 Å². The molecule has 1 aliphatic carbocycles. The summed E-state index contributed by atoms with van der Waals surface area (Å²) in [5.41, 5.74) is 0.510. The Kier molecular flexibility index (Phi) is 3.60. The van der Waals surface area contributed by atoms with E-state index in [1.807, 2.05) is 0 Å². The maximum Gasteiger partial charge on any atom is 0.226 e. The van der Waals surface area contributed by atoms with Crippen LogP contribution in [0.15, 0.2) is 0 Å². The number of hydrogen-bond donors (Lipinski definition) is 1. The molecule has 1 saturated carbocycles. The first-order chi connectivity index (χ1) is 8.79. The molecule has 102 valence electrons. The molecule has 3 rings (SSSR count). The predicted molar refractivity (Wildman–Crippen MR) is 72.3 cm³/mol. The van der Waals surface area contributed by atoms with Gasteiger partial charge in [0.25, 0.3) is 0 Å². The standard InChI is InChI=1S/C15H26N2O/c18-14(13-5-4-9-16-11-13)17-10-8-15(12-17)6-2-1-3-7-15/h13,16H,1-12H2. The molecular formula is C15H26N2O. The fraction of sp³-hybridized carbons (Fsp3) is 0.933. The first kappa shape index (κ1) is 12.5. The fourth-order valence-corrected chi connectivity index (χ4v) is 4.15. The molecule has 3 nitrogen and oxygen atoms in total. The van der Waals surface area contributed by atoms with Crippen molar-refractivity contribution in [3.05, 3.63) is 0 Å². The van der Waals surface area contributed by atoms with Gasteiger partial charge < -0.3 is 10.2 Å². The second-order valence-electron chi connectivity index (χ2n) is 6.61. The highest BCUT2D eigenvalue weighted by molar-refractivity contribution is 5.79. The molecule has 3 fully saturated rings. The Morgan fingerprint density at radius 3 is 2.67 bits per heavy atom. The van der Waals surface area contributed by atoms with Crippen LogP contribution in [0.2, 0.25) is 0 Å². The Balaban J connectivity index is 1.59. The number of carbonyl (C=O) groups is 1. The molecule has 0 aromatic carbocycles. The molecule has 0 aromatic rings. The summed E-state index contributed by atoms with van der Waals surface area (Å²) in [6.45, 7) is 4.08. The third-order valence-electron chi connectivity index (χ3n) is 5.31. The second kappa shape index (κ2) is 5.20. The van der Waals surface area contributed by atoms with Gasteiger partial charge in [0.1, 0.15) is 0 Å². The summed E-state index contributed by atoms with van der Waals surface area (Å²) in [6.07, 6.45) is 10.4. The van der Waals surface area contributed by atoms with Crippen LogP contribution in [0.25, 0.3) is 0 Å². The van der Waals surface area contributed by atoms with Gasteiger partial charge in [-0.15, -0.1) is 0 Å². The lowest BCUT2D eigenvalue weighted by Crippen LogP contribution is -2.43. The van der Waals surface area contributed by atoms with Crippen molar-refractivity contribution >= 4 is 5.91 Å². The molecule has 1 N–H and O–H groups in total. The van der Waals surface area contributed by atoms with Crippen molar-refractivity contribution in [3.8, 4) is 0 Å². The van der Waals surface area contributed by atoms with Gasteiger partial charge in [0, 0.05) is 19.6 Å². The van der Waals surface area contributed by atoms with Gasteiger partial charge in [0.05, 0.1) is 5.92 Å². The van der Waals surface area contributed by atoms with Crippen molar-refractivity contribution in [2.75, 3.05) is 26.2 Å². The molecule has 3 heteroatoms. The molecule has 1 unspecified atom stereocenters. The van der Waals surface area contributed by atoms with Gasteiger partial charge in [-0.1, -0.05) is 19.3 Å². The van der Waals surface area contributed by atoms with E-state index in [1.54, 1.807) is 0 Å². The summed E-state index contributed by atoms with van der Waals surface area (Å²) in [4.78, 5) is 14.7. The molecule has 0 bridgehead atoms. The van der Waals surface area contributed by atoms with Crippen molar-refractivity contribution in [2.45, 2.75) is 51.4 Å². The first-order valence-electron chi connectivity index (χ1n) is 7.79. The molecule has 0 radical (unpaired) electrons. The van der Waals surface area contributed by atoms with Gasteiger partial charge in [-0.3, -0.25) is 4.79 Å². The molecule has 1 spiro atoms. The minimum Gasteiger partial charge on any atom is -0.342 e. The highest BCUT2D eigenvalue weighted by Gasteiger charge is 2.41. The number of amides is 1. The van der Waals surface area contributed by atoms with Crippen LogP contribution in [0.1, 0.15) is 51.4 Å². The Hall–Kier alpha value is -0.570. The minimum absolute atomic E-state index is 0.262. The number of carbonyl (C=O) groups excluding carboxylic acids is 1. The molecular weight excluding hydrogens is 224 g/mol. The smallest absolute Gasteiger partial charge is 0.226 e. The minimum atomic E-state index is 0.262. The first-order valence-corrected chi connectivity index (χ1v) is 7.79. The highest BCUT2D eigenvalue weighted by Crippen LogP contribution is 2.44. The quantitative estimate of drug-likeness (QED) is 0.773. The fourth-order valence-electron chi connectivity index (χ4n) is 4.15. The number of nitrogens with one attached hydrogen (secondary N) is 1. The van der Waals surface area contributed by atoms with Crippen LogP contribution in [0.3, 0.4) is 0 Å². The topological polar surface area (TPSA) is 32.3 Å². The highest BCUT2D eigenvalue weighted by atomic mass is 16.2. The van der Waals surface area contributed by atoms with E-state index in [2.05, 4.69) is 10.2 Å². The number of piperidine rings is 1. The largest absolute Gasteiger partial charge is 0.342 e. The Morgan fingerprint density at radius 2 is 1.94 bits per heavy atom. The van der Waals surface area contributed by atoms with Gasteiger partial charge in [0.15, 0.2) is 0 Å². The number of nitrogens with zero attached hydrogens (tertiary/aromatic N) is 1. The van der Waals surface area contributed by atoms with Crippen LogP contribution >= 0.6 is 0 Å². The Bertz CT molecular complexity index is 304. The van der Waals surface area contributed by atoms with Crippen LogP contribution in [-0.2, 0) is 4.79 Å². The van der Waals surface area contributed by atoms with Gasteiger partial charge in [-0.2, -0.15) is 0 Å². The van der Waals surface area contributed by atoms with Crippen molar-refractivity contribution < 1.29 is 4.79 Å². The Morgan fingerprint density at radius 1 is 1.11 bits per heavy atom. The maximum atomic E-state index is 12.5. The molecule has 1 atom stereocenters. The second-order valence-corrected chi connectivity index (χ2v) is 6.61. The van der Waals surface area contributed by atoms with Crippen LogP contribution in [0, 0.1) is 11.3 Å². The van der Waals surface area contributed by atoms with Gasteiger partial charge >= 0.3 is 0 Å². The average Bonchev–Trinajstić information content (AvgIpc) is 2.83. The van der Waals surface area contributed by atoms with E-state index >= 15 is 0 Å². The van der Waals surface area contributed by atoms with E-state index in [0.717, 1.165) is 39.0 Å². The van der Waals surface area contributed by atoms with Gasteiger partial charge in [-0.25, -0.2) is 0 Å². The van der Waals surface area contributed by atoms with Crippen LogP contribution < -0.4 is 5.32 Å². The zero-order valence-corrected chi connectivity index (χ0v) is 11.4. The summed E-state index contributed by atoms with van der Waals surface area (Å²) in [6, 6.07) is 0. The molecule has 18 heavy (non-hydrogen) atoms. The van der Waals surface area contributed by atoms with Gasteiger partial charge in [-0.05, 0) is 44.1 Å². The van der Waals surface area contributed by atoms with E-state index in [9.17, 15) is 4.79 Å². The Labute approximate surface area is 110 Å². The molecule has 2 saturated heterocycles. The zero-order valence-electron chi connectivity index (χ0n) is 11.4. The lowest BCUT2D eigenvalue weighted by Gasteiger charge is -2.34. The van der Waals surface area contributed by atoms with Crippen LogP contribution in [-0.4, -0.2) is 37.0 Å². The van der Waals surface area contributed by atoms with Crippen molar-refractivity contribution in [1.29, 1.82) is 0 Å². The van der Waals surface area contributed by atoms with Gasteiger partial charge in [0.2, 0.25) is 5.91 Å². The number of rotatable bonds is 1. The predicted octanol–water partition coefficient (Wildman–Crippen LogP) is 2.17. The average molecular weight is 250 g/mol. The molecule has 3 aliphatic rings. The third kappa shape index (κ3) is 2.42. The van der Waals surface area contributed by atoms with E-state index in [4.69, 9.17) is 0 Å². The summed E-state index contributed by atoms with van der Waals surface area (Å²) in [5.74, 6) is 0.696. The number of hydrogen-bond acceptors (Lipinski definition) is 2. The molecule has 2 aliphatic heterocycles. The van der Waals surface area contributed by atoms with E-state index in [0.29, 0.717) is 11.3 Å². The molecule has 0 aromatic heterocycles. The van der Waals surface area contributed by atoms with Crippen molar-refractivity contribution in [2.24, 2.45) is 11.3 Å².